The summed E-state index contributed by atoms with van der Waals surface area (Å²) in [6, 6.07) is 15.8. The maximum absolute atomic E-state index is 9.74. The van der Waals surface area contributed by atoms with Crippen molar-refractivity contribution in [1.82, 2.24) is 0 Å². The normalized spacial score (nSPS) is 12.1. The molecule has 21 heavy (non-hydrogen) atoms. The molecule has 1 unspecified atom stereocenters. The monoisotopic (exact) mass is 304 g/mol. The summed E-state index contributed by atoms with van der Waals surface area (Å²) < 4.78 is 5.77. The summed E-state index contributed by atoms with van der Waals surface area (Å²) in [4.78, 5) is 0. The molecule has 2 aromatic carbocycles. The molecule has 0 aliphatic heterocycles. The zero-order valence-electron chi connectivity index (χ0n) is 12.3. The molecule has 1 N–H and O–H groups in total. The number of benzene rings is 2. The highest BCUT2D eigenvalue weighted by Crippen LogP contribution is 2.28. The zero-order valence-corrected chi connectivity index (χ0v) is 13.0. The van der Waals surface area contributed by atoms with Gasteiger partial charge in [0.25, 0.3) is 0 Å². The molecule has 3 heteroatoms. The maximum Gasteiger partial charge on any atom is 0.125 e. The molecule has 112 valence electrons. The third kappa shape index (κ3) is 5.07. The Morgan fingerprint density at radius 1 is 1.10 bits per heavy atom. The molecule has 0 aliphatic rings. The topological polar surface area (TPSA) is 29.5 Å². The smallest absolute Gasteiger partial charge is 0.125 e. The third-order valence-electron chi connectivity index (χ3n) is 3.38. The first-order valence-corrected chi connectivity index (χ1v) is 7.69. The number of aryl methyl sites for hydroxylation is 1. The lowest BCUT2D eigenvalue weighted by Crippen LogP contribution is -2.03. The van der Waals surface area contributed by atoms with Gasteiger partial charge in [-0.15, -0.1) is 0 Å². The summed E-state index contributed by atoms with van der Waals surface area (Å²) in [5.41, 5.74) is 2.10. The van der Waals surface area contributed by atoms with Gasteiger partial charge in [-0.2, -0.15) is 0 Å². The summed E-state index contributed by atoms with van der Waals surface area (Å²) in [6.07, 6.45) is 2.55. The molecule has 0 heterocycles. The van der Waals surface area contributed by atoms with Crippen molar-refractivity contribution in [1.29, 1.82) is 0 Å². The fraction of sp³-hybridized carbons (Fsp3) is 0.333. The minimum absolute atomic E-state index is 0.581. The van der Waals surface area contributed by atoms with Gasteiger partial charge >= 0.3 is 0 Å². The second kappa shape index (κ2) is 8.06. The van der Waals surface area contributed by atoms with Crippen LogP contribution in [0.5, 0.6) is 5.75 Å². The molecule has 2 aromatic rings. The molecule has 2 nitrogen and oxygen atoms in total. The number of hydrogen-bond acceptors (Lipinski definition) is 2. The summed E-state index contributed by atoms with van der Waals surface area (Å²) in [6.45, 7) is 2.36. The van der Waals surface area contributed by atoms with Crippen molar-refractivity contribution in [2.45, 2.75) is 32.3 Å². The van der Waals surface area contributed by atoms with E-state index in [2.05, 4.69) is 24.3 Å². The van der Waals surface area contributed by atoms with Crippen molar-refractivity contribution in [3.05, 3.63) is 64.7 Å². The molecule has 0 saturated carbocycles. The minimum Gasteiger partial charge on any atom is -0.493 e. The molecular weight excluding hydrogens is 284 g/mol. The molecule has 0 amide bonds. The van der Waals surface area contributed by atoms with Crippen molar-refractivity contribution < 1.29 is 9.84 Å². The number of aliphatic hydroxyl groups excluding tert-OH is 1. The SMILES string of the molecule is CC(O)c1cc(Cl)ccc1OCCCCc1ccccc1. The molecular formula is C18H21ClO2. The maximum atomic E-state index is 9.74. The lowest BCUT2D eigenvalue weighted by Gasteiger charge is -2.13. The van der Waals surface area contributed by atoms with E-state index in [1.807, 2.05) is 12.1 Å². The highest BCUT2D eigenvalue weighted by molar-refractivity contribution is 6.30. The van der Waals surface area contributed by atoms with E-state index in [1.165, 1.54) is 5.56 Å². The third-order valence-corrected chi connectivity index (χ3v) is 3.62. The van der Waals surface area contributed by atoms with Crippen LogP contribution in [-0.4, -0.2) is 11.7 Å². The predicted octanol–water partition coefficient (Wildman–Crippen LogP) is 4.80. The lowest BCUT2D eigenvalue weighted by molar-refractivity contribution is 0.191. The number of rotatable bonds is 7. The first kappa shape index (κ1) is 15.9. The van der Waals surface area contributed by atoms with Gasteiger partial charge in [0.2, 0.25) is 0 Å². The van der Waals surface area contributed by atoms with Crippen LogP contribution in [0, 0.1) is 0 Å². The van der Waals surface area contributed by atoms with Crippen molar-refractivity contribution in [2.24, 2.45) is 0 Å². The number of ether oxygens (including phenoxy) is 1. The molecule has 0 aromatic heterocycles. The Morgan fingerprint density at radius 2 is 1.86 bits per heavy atom. The molecule has 0 aliphatic carbocycles. The van der Waals surface area contributed by atoms with Gasteiger partial charge in [-0.1, -0.05) is 41.9 Å². The van der Waals surface area contributed by atoms with Crippen molar-refractivity contribution in [2.75, 3.05) is 6.61 Å². The zero-order chi connectivity index (χ0) is 15.1. The molecule has 2 rings (SSSR count). The van der Waals surface area contributed by atoms with Crippen LogP contribution >= 0.6 is 11.6 Å². The highest BCUT2D eigenvalue weighted by Gasteiger charge is 2.09. The van der Waals surface area contributed by atoms with E-state index in [9.17, 15) is 5.11 Å². The summed E-state index contributed by atoms with van der Waals surface area (Å²) in [7, 11) is 0. The van der Waals surface area contributed by atoms with Gasteiger partial charge in [-0.25, -0.2) is 0 Å². The van der Waals surface area contributed by atoms with E-state index in [0.29, 0.717) is 17.4 Å². The van der Waals surface area contributed by atoms with Crippen LogP contribution in [0.4, 0.5) is 0 Å². The van der Waals surface area contributed by atoms with Gasteiger partial charge in [-0.3, -0.25) is 0 Å². The number of aliphatic hydroxyl groups is 1. The van der Waals surface area contributed by atoms with Gasteiger partial charge < -0.3 is 9.84 Å². The average Bonchev–Trinajstić information content (AvgIpc) is 2.49. The highest BCUT2D eigenvalue weighted by atomic mass is 35.5. The molecule has 0 fully saturated rings. The Balaban J connectivity index is 1.78. The van der Waals surface area contributed by atoms with Gasteiger partial charge in [0.05, 0.1) is 12.7 Å². The number of halogens is 1. The van der Waals surface area contributed by atoms with Crippen molar-refractivity contribution >= 4 is 11.6 Å². The van der Waals surface area contributed by atoms with E-state index < -0.39 is 6.10 Å². The fourth-order valence-electron chi connectivity index (χ4n) is 2.24. The Hall–Kier alpha value is -1.51. The largest absolute Gasteiger partial charge is 0.493 e. The minimum atomic E-state index is -0.581. The quantitative estimate of drug-likeness (QED) is 0.745. The first-order chi connectivity index (χ1) is 10.2. The van der Waals surface area contributed by atoms with Gasteiger partial charge in [0.15, 0.2) is 0 Å². The second-order valence-corrected chi connectivity index (χ2v) is 5.59. The van der Waals surface area contributed by atoms with Crippen LogP contribution in [-0.2, 0) is 6.42 Å². The predicted molar refractivity (Wildman–Crippen MR) is 87.0 cm³/mol. The fourth-order valence-corrected chi connectivity index (χ4v) is 2.42. The Labute approximate surface area is 131 Å². The summed E-state index contributed by atoms with van der Waals surface area (Å²) in [5, 5.41) is 10.4. The summed E-state index contributed by atoms with van der Waals surface area (Å²) in [5.74, 6) is 0.717. The van der Waals surface area contributed by atoms with E-state index in [0.717, 1.165) is 24.8 Å². The number of unbranched alkanes of at least 4 members (excludes halogenated alkanes) is 1. The van der Waals surface area contributed by atoms with Crippen LogP contribution in [0.15, 0.2) is 48.5 Å². The van der Waals surface area contributed by atoms with Crippen LogP contribution < -0.4 is 4.74 Å². The second-order valence-electron chi connectivity index (χ2n) is 5.15. The molecule has 0 saturated heterocycles. The molecule has 0 spiro atoms. The van der Waals surface area contributed by atoms with E-state index in [4.69, 9.17) is 16.3 Å². The van der Waals surface area contributed by atoms with Crippen LogP contribution in [0.3, 0.4) is 0 Å². The van der Waals surface area contributed by atoms with E-state index in [1.54, 1.807) is 19.1 Å². The average molecular weight is 305 g/mol. The van der Waals surface area contributed by atoms with Crippen LogP contribution in [0.2, 0.25) is 5.02 Å². The van der Waals surface area contributed by atoms with Gasteiger partial charge in [-0.05, 0) is 49.9 Å². The van der Waals surface area contributed by atoms with Crippen LogP contribution in [0.1, 0.15) is 37.0 Å². The number of hydrogen-bond donors (Lipinski definition) is 1. The van der Waals surface area contributed by atoms with E-state index >= 15 is 0 Å². The molecule has 0 bridgehead atoms. The Bertz CT molecular complexity index is 552. The first-order valence-electron chi connectivity index (χ1n) is 7.31. The van der Waals surface area contributed by atoms with Crippen molar-refractivity contribution in [3.63, 3.8) is 0 Å². The van der Waals surface area contributed by atoms with Crippen molar-refractivity contribution in [3.8, 4) is 5.75 Å². The standard InChI is InChI=1S/C18H21ClO2/c1-14(20)17-13-16(19)10-11-18(17)21-12-6-5-9-15-7-3-2-4-8-15/h2-4,7-8,10-11,13-14,20H,5-6,9,12H2,1H3. The summed E-state index contributed by atoms with van der Waals surface area (Å²) >= 11 is 5.95. The molecule has 1 atom stereocenters. The molecule has 0 radical (unpaired) electrons. The Kier molecular flexibility index (Phi) is 6.09. The Morgan fingerprint density at radius 3 is 2.57 bits per heavy atom. The lowest BCUT2D eigenvalue weighted by atomic mass is 10.1. The van der Waals surface area contributed by atoms with Gasteiger partial charge in [0, 0.05) is 10.6 Å². The van der Waals surface area contributed by atoms with Gasteiger partial charge in [0.1, 0.15) is 5.75 Å². The van der Waals surface area contributed by atoms with Crippen LogP contribution in [0.25, 0.3) is 0 Å². The van der Waals surface area contributed by atoms with E-state index in [-0.39, 0.29) is 0 Å².